The van der Waals surface area contributed by atoms with Crippen LogP contribution in [0.2, 0.25) is 0 Å². The highest BCUT2D eigenvalue weighted by atomic mass is 16.3. The summed E-state index contributed by atoms with van der Waals surface area (Å²) in [7, 11) is 0. The van der Waals surface area contributed by atoms with E-state index in [4.69, 9.17) is 5.11 Å². The lowest BCUT2D eigenvalue weighted by molar-refractivity contribution is -0.120. The maximum absolute atomic E-state index is 11.4. The van der Waals surface area contributed by atoms with Gasteiger partial charge in [0.15, 0.2) is 0 Å². The van der Waals surface area contributed by atoms with E-state index in [0.717, 1.165) is 24.1 Å². The summed E-state index contributed by atoms with van der Waals surface area (Å²) in [5.74, 6) is -0.00662. The molecule has 1 aromatic rings. The summed E-state index contributed by atoms with van der Waals surface area (Å²) in [6, 6.07) is 7.55. The van der Waals surface area contributed by atoms with E-state index in [1.54, 1.807) is 0 Å². The van der Waals surface area contributed by atoms with E-state index < -0.39 is 0 Å². The van der Waals surface area contributed by atoms with Gasteiger partial charge >= 0.3 is 0 Å². The van der Waals surface area contributed by atoms with Gasteiger partial charge in [-0.05, 0) is 24.1 Å². The predicted molar refractivity (Wildman–Crippen MR) is 67.4 cm³/mol. The molecule has 0 aliphatic carbocycles. The molecule has 4 heteroatoms. The van der Waals surface area contributed by atoms with Crippen molar-refractivity contribution < 1.29 is 9.90 Å². The monoisotopic (exact) mass is 236 g/mol. The Morgan fingerprint density at radius 3 is 2.82 bits per heavy atom. The van der Waals surface area contributed by atoms with Crippen LogP contribution in [0.4, 0.5) is 0 Å². The third kappa shape index (κ3) is 5.47. The fraction of sp³-hybridized carbons (Fsp3) is 0.462. The second-order valence-electron chi connectivity index (χ2n) is 3.93. The Bertz CT molecular complexity index is 353. The quantitative estimate of drug-likeness (QED) is 0.614. The first-order valence-corrected chi connectivity index (χ1v) is 5.92. The van der Waals surface area contributed by atoms with Crippen LogP contribution < -0.4 is 10.6 Å². The molecule has 0 bridgehead atoms. The van der Waals surface area contributed by atoms with Crippen LogP contribution in [0.3, 0.4) is 0 Å². The largest absolute Gasteiger partial charge is 0.392 e. The standard InChI is InChI=1S/C13H20N2O2/c1-2-6-14-9-13(17)15-8-11-4-3-5-12(7-11)10-16/h3-5,7,14,16H,2,6,8-10H2,1H3,(H,15,17). The van der Waals surface area contributed by atoms with Crippen molar-refractivity contribution in [3.05, 3.63) is 35.4 Å². The average Bonchev–Trinajstić information content (AvgIpc) is 2.37. The molecule has 4 nitrogen and oxygen atoms in total. The Balaban J connectivity index is 2.31. The SMILES string of the molecule is CCCNCC(=O)NCc1cccc(CO)c1. The number of hydrogen-bond donors (Lipinski definition) is 3. The highest BCUT2D eigenvalue weighted by Crippen LogP contribution is 2.04. The molecule has 1 rings (SSSR count). The molecule has 0 unspecified atom stereocenters. The van der Waals surface area contributed by atoms with Crippen molar-refractivity contribution in [1.29, 1.82) is 0 Å². The molecule has 94 valence electrons. The summed E-state index contributed by atoms with van der Waals surface area (Å²) in [5.41, 5.74) is 1.86. The van der Waals surface area contributed by atoms with E-state index in [0.29, 0.717) is 13.1 Å². The zero-order chi connectivity index (χ0) is 12.5. The van der Waals surface area contributed by atoms with E-state index in [1.807, 2.05) is 24.3 Å². The summed E-state index contributed by atoms with van der Waals surface area (Å²) in [6.07, 6.45) is 1.02. The van der Waals surface area contributed by atoms with Crippen LogP contribution >= 0.6 is 0 Å². The first-order valence-electron chi connectivity index (χ1n) is 5.92. The van der Waals surface area contributed by atoms with Crippen molar-refractivity contribution in [2.24, 2.45) is 0 Å². The molecule has 0 radical (unpaired) electrons. The van der Waals surface area contributed by atoms with Gasteiger partial charge in [0.2, 0.25) is 5.91 Å². The fourth-order valence-corrected chi connectivity index (χ4v) is 1.48. The maximum atomic E-state index is 11.4. The van der Waals surface area contributed by atoms with Crippen molar-refractivity contribution in [3.8, 4) is 0 Å². The number of aliphatic hydroxyl groups excluding tert-OH is 1. The van der Waals surface area contributed by atoms with Crippen molar-refractivity contribution in [3.63, 3.8) is 0 Å². The fourth-order valence-electron chi connectivity index (χ4n) is 1.48. The number of hydrogen-bond acceptors (Lipinski definition) is 3. The third-order valence-electron chi connectivity index (χ3n) is 2.38. The van der Waals surface area contributed by atoms with E-state index >= 15 is 0 Å². The molecule has 1 amide bonds. The summed E-state index contributed by atoms with van der Waals surface area (Å²) in [4.78, 5) is 11.4. The van der Waals surface area contributed by atoms with Gasteiger partial charge in [0.05, 0.1) is 13.2 Å². The van der Waals surface area contributed by atoms with Crippen LogP contribution in [-0.4, -0.2) is 24.1 Å². The molecule has 0 aromatic heterocycles. The second kappa shape index (κ2) is 7.81. The molecule has 0 aliphatic heterocycles. The smallest absolute Gasteiger partial charge is 0.234 e. The zero-order valence-electron chi connectivity index (χ0n) is 10.2. The molecule has 0 fully saturated rings. The topological polar surface area (TPSA) is 61.4 Å². The lowest BCUT2D eigenvalue weighted by Crippen LogP contribution is -2.33. The highest BCUT2D eigenvalue weighted by Gasteiger charge is 2.00. The Hall–Kier alpha value is -1.39. The maximum Gasteiger partial charge on any atom is 0.234 e. The second-order valence-corrected chi connectivity index (χ2v) is 3.93. The molecule has 0 heterocycles. The van der Waals surface area contributed by atoms with Crippen molar-refractivity contribution in [2.75, 3.05) is 13.1 Å². The minimum atomic E-state index is -0.00662. The number of nitrogens with one attached hydrogen (secondary N) is 2. The van der Waals surface area contributed by atoms with Crippen LogP contribution in [0.5, 0.6) is 0 Å². The van der Waals surface area contributed by atoms with Gasteiger partial charge in [-0.2, -0.15) is 0 Å². The third-order valence-corrected chi connectivity index (χ3v) is 2.38. The zero-order valence-corrected chi connectivity index (χ0v) is 10.2. The molecule has 0 spiro atoms. The Labute approximate surface area is 102 Å². The number of amides is 1. The first-order chi connectivity index (χ1) is 8.26. The van der Waals surface area contributed by atoms with Crippen molar-refractivity contribution >= 4 is 5.91 Å². The molecular weight excluding hydrogens is 216 g/mol. The Morgan fingerprint density at radius 2 is 2.12 bits per heavy atom. The average molecular weight is 236 g/mol. The summed E-state index contributed by atoms with van der Waals surface area (Å²) in [6.45, 7) is 3.80. The number of carbonyl (C=O) groups excluding carboxylic acids is 1. The van der Waals surface area contributed by atoms with Crippen LogP contribution in [0.15, 0.2) is 24.3 Å². The van der Waals surface area contributed by atoms with Gasteiger partial charge in [-0.15, -0.1) is 0 Å². The van der Waals surface area contributed by atoms with Crippen molar-refractivity contribution in [2.45, 2.75) is 26.5 Å². The van der Waals surface area contributed by atoms with Crippen LogP contribution in [0.1, 0.15) is 24.5 Å². The van der Waals surface area contributed by atoms with Gasteiger partial charge in [0.25, 0.3) is 0 Å². The number of aliphatic hydroxyl groups is 1. The molecule has 1 aromatic carbocycles. The van der Waals surface area contributed by atoms with E-state index in [1.165, 1.54) is 0 Å². The highest BCUT2D eigenvalue weighted by molar-refractivity contribution is 5.77. The van der Waals surface area contributed by atoms with E-state index in [-0.39, 0.29) is 12.5 Å². The van der Waals surface area contributed by atoms with Crippen LogP contribution in [-0.2, 0) is 17.9 Å². The molecule has 0 saturated heterocycles. The molecule has 0 aliphatic rings. The van der Waals surface area contributed by atoms with Gasteiger partial charge in [-0.1, -0.05) is 31.2 Å². The minimum absolute atomic E-state index is 0.00662. The van der Waals surface area contributed by atoms with E-state index in [9.17, 15) is 4.79 Å². The van der Waals surface area contributed by atoms with Crippen molar-refractivity contribution in [1.82, 2.24) is 10.6 Å². The number of rotatable bonds is 7. The summed E-state index contributed by atoms with van der Waals surface area (Å²) in [5, 5.41) is 14.9. The molecule has 0 saturated carbocycles. The Morgan fingerprint density at radius 1 is 1.35 bits per heavy atom. The molecule has 17 heavy (non-hydrogen) atoms. The van der Waals surface area contributed by atoms with E-state index in [2.05, 4.69) is 17.6 Å². The first kappa shape index (κ1) is 13.7. The summed E-state index contributed by atoms with van der Waals surface area (Å²) < 4.78 is 0. The normalized spacial score (nSPS) is 10.2. The van der Waals surface area contributed by atoms with Gasteiger partial charge in [0.1, 0.15) is 0 Å². The van der Waals surface area contributed by atoms with Gasteiger partial charge < -0.3 is 15.7 Å². The predicted octanol–water partition coefficient (Wildman–Crippen LogP) is 0.795. The minimum Gasteiger partial charge on any atom is -0.392 e. The van der Waals surface area contributed by atoms with Gasteiger partial charge in [-0.3, -0.25) is 4.79 Å². The molecule has 0 atom stereocenters. The van der Waals surface area contributed by atoms with Gasteiger partial charge in [-0.25, -0.2) is 0 Å². The Kier molecular flexibility index (Phi) is 6.29. The molecular formula is C13H20N2O2. The molecule has 3 N–H and O–H groups in total. The number of benzene rings is 1. The lowest BCUT2D eigenvalue weighted by atomic mass is 10.1. The van der Waals surface area contributed by atoms with Crippen LogP contribution in [0, 0.1) is 0 Å². The van der Waals surface area contributed by atoms with Gasteiger partial charge in [0, 0.05) is 6.54 Å². The summed E-state index contributed by atoms with van der Waals surface area (Å²) >= 11 is 0. The van der Waals surface area contributed by atoms with Crippen LogP contribution in [0.25, 0.3) is 0 Å². The number of carbonyl (C=O) groups is 1. The lowest BCUT2D eigenvalue weighted by Gasteiger charge is -2.07.